The average molecular weight is 307 g/mol. The van der Waals surface area contributed by atoms with Gasteiger partial charge in [0.2, 0.25) is 0 Å². The number of amides is 1. The van der Waals surface area contributed by atoms with Crippen LogP contribution in [0.5, 0.6) is 0 Å². The molecular formula is C19H17NO3. The average Bonchev–Trinajstić information content (AvgIpc) is 2.50. The Bertz CT molecular complexity index is 970. The smallest absolute Gasteiger partial charge is 0.349 e. The van der Waals surface area contributed by atoms with Crippen molar-refractivity contribution in [2.45, 2.75) is 20.8 Å². The molecule has 0 aliphatic carbocycles. The van der Waals surface area contributed by atoms with Crippen LogP contribution in [0.25, 0.3) is 11.0 Å². The van der Waals surface area contributed by atoms with Crippen LogP contribution in [0.4, 0.5) is 5.69 Å². The van der Waals surface area contributed by atoms with Crippen molar-refractivity contribution in [3.63, 3.8) is 0 Å². The summed E-state index contributed by atoms with van der Waals surface area (Å²) in [5.74, 6) is -0.462. The molecule has 2 aromatic carbocycles. The summed E-state index contributed by atoms with van der Waals surface area (Å²) in [7, 11) is 0. The number of carbonyl (C=O) groups is 1. The molecule has 0 aliphatic rings. The largest absolute Gasteiger partial charge is 0.422 e. The van der Waals surface area contributed by atoms with Gasteiger partial charge in [-0.05, 0) is 56.2 Å². The Balaban J connectivity index is 2.02. The number of carbonyl (C=O) groups excluding carboxylic acids is 1. The van der Waals surface area contributed by atoms with Gasteiger partial charge < -0.3 is 9.73 Å². The summed E-state index contributed by atoms with van der Waals surface area (Å²) in [4.78, 5) is 24.5. The minimum absolute atomic E-state index is 0.00371. The Labute approximate surface area is 133 Å². The van der Waals surface area contributed by atoms with Crippen LogP contribution in [0.15, 0.2) is 51.7 Å². The monoisotopic (exact) mass is 307 g/mol. The van der Waals surface area contributed by atoms with E-state index in [4.69, 9.17) is 4.42 Å². The summed E-state index contributed by atoms with van der Waals surface area (Å²) in [5, 5.41) is 3.52. The Hall–Kier alpha value is -2.88. The highest BCUT2D eigenvalue weighted by atomic mass is 16.4. The molecule has 0 spiro atoms. The van der Waals surface area contributed by atoms with Gasteiger partial charge in [-0.15, -0.1) is 0 Å². The molecule has 3 aromatic rings. The number of benzene rings is 2. The zero-order valence-electron chi connectivity index (χ0n) is 13.3. The highest BCUT2D eigenvalue weighted by molar-refractivity contribution is 6.05. The fourth-order valence-electron chi connectivity index (χ4n) is 2.46. The first kappa shape index (κ1) is 15.0. The van der Waals surface area contributed by atoms with E-state index in [1.807, 2.05) is 51.1 Å². The topological polar surface area (TPSA) is 59.3 Å². The maximum atomic E-state index is 12.5. The Morgan fingerprint density at radius 3 is 2.43 bits per heavy atom. The standard InChI is InChI=1S/C19H17NO3/c1-11-5-7-17-14(8-11)10-15(19(22)23-17)18(21)20-16-9-12(2)4-6-13(16)3/h4-10H,1-3H3,(H,20,21). The predicted molar refractivity (Wildman–Crippen MR) is 91.1 cm³/mol. The molecule has 1 amide bonds. The zero-order chi connectivity index (χ0) is 16.6. The molecule has 4 heteroatoms. The molecule has 0 aliphatic heterocycles. The van der Waals surface area contributed by atoms with Crippen molar-refractivity contribution in [3.05, 3.63) is 75.1 Å². The van der Waals surface area contributed by atoms with Gasteiger partial charge in [-0.25, -0.2) is 4.79 Å². The molecule has 0 radical (unpaired) electrons. The molecule has 1 N–H and O–H groups in total. The van der Waals surface area contributed by atoms with Gasteiger partial charge in [0.15, 0.2) is 0 Å². The molecule has 0 saturated carbocycles. The minimum Gasteiger partial charge on any atom is -0.422 e. The molecule has 0 atom stereocenters. The molecule has 0 bridgehead atoms. The van der Waals surface area contributed by atoms with E-state index in [1.165, 1.54) is 0 Å². The van der Waals surface area contributed by atoms with Crippen LogP contribution in [-0.4, -0.2) is 5.91 Å². The van der Waals surface area contributed by atoms with Crippen LogP contribution in [0.2, 0.25) is 0 Å². The van der Waals surface area contributed by atoms with Crippen LogP contribution in [0, 0.1) is 20.8 Å². The quantitative estimate of drug-likeness (QED) is 0.729. The second-order valence-electron chi connectivity index (χ2n) is 5.76. The van der Waals surface area contributed by atoms with Crippen LogP contribution in [-0.2, 0) is 0 Å². The van der Waals surface area contributed by atoms with E-state index < -0.39 is 11.5 Å². The third-order valence-electron chi connectivity index (χ3n) is 3.77. The van der Waals surface area contributed by atoms with Crippen LogP contribution >= 0.6 is 0 Å². The molecule has 1 aromatic heterocycles. The molecule has 0 saturated heterocycles. The maximum Gasteiger partial charge on any atom is 0.349 e. The Morgan fingerprint density at radius 1 is 0.957 bits per heavy atom. The summed E-state index contributed by atoms with van der Waals surface area (Å²) >= 11 is 0. The van der Waals surface area contributed by atoms with Crippen molar-refractivity contribution in [2.24, 2.45) is 0 Å². The fourth-order valence-corrected chi connectivity index (χ4v) is 2.46. The second kappa shape index (κ2) is 5.72. The van der Waals surface area contributed by atoms with Crippen molar-refractivity contribution < 1.29 is 9.21 Å². The van der Waals surface area contributed by atoms with Crippen molar-refractivity contribution in [1.29, 1.82) is 0 Å². The van der Waals surface area contributed by atoms with E-state index in [1.54, 1.807) is 12.1 Å². The lowest BCUT2D eigenvalue weighted by Crippen LogP contribution is -2.21. The van der Waals surface area contributed by atoms with Crippen LogP contribution < -0.4 is 10.9 Å². The molecule has 116 valence electrons. The number of aryl methyl sites for hydroxylation is 3. The van der Waals surface area contributed by atoms with Gasteiger partial charge in [0.1, 0.15) is 11.1 Å². The predicted octanol–water partition coefficient (Wildman–Crippen LogP) is 3.97. The molecule has 0 fully saturated rings. The maximum absolute atomic E-state index is 12.5. The summed E-state index contributed by atoms with van der Waals surface area (Å²) in [5.41, 5.74) is 3.54. The summed E-state index contributed by atoms with van der Waals surface area (Å²) in [6.45, 7) is 5.80. The molecule has 4 nitrogen and oxygen atoms in total. The van der Waals surface area contributed by atoms with E-state index in [9.17, 15) is 9.59 Å². The van der Waals surface area contributed by atoms with E-state index in [-0.39, 0.29) is 5.56 Å². The van der Waals surface area contributed by atoms with Gasteiger partial charge in [-0.3, -0.25) is 4.79 Å². The summed E-state index contributed by atoms with van der Waals surface area (Å²) < 4.78 is 5.24. The highest BCUT2D eigenvalue weighted by Crippen LogP contribution is 2.19. The Kier molecular flexibility index (Phi) is 3.74. The first-order chi connectivity index (χ1) is 10.9. The normalized spacial score (nSPS) is 10.7. The van der Waals surface area contributed by atoms with E-state index in [2.05, 4.69) is 5.32 Å². The number of anilines is 1. The van der Waals surface area contributed by atoms with Crippen LogP contribution in [0.1, 0.15) is 27.0 Å². The van der Waals surface area contributed by atoms with E-state index >= 15 is 0 Å². The fraction of sp³-hybridized carbons (Fsp3) is 0.158. The van der Waals surface area contributed by atoms with Crippen molar-refractivity contribution in [2.75, 3.05) is 5.32 Å². The molecule has 1 heterocycles. The highest BCUT2D eigenvalue weighted by Gasteiger charge is 2.15. The van der Waals surface area contributed by atoms with Gasteiger partial charge in [-0.1, -0.05) is 23.8 Å². The number of hydrogen-bond acceptors (Lipinski definition) is 3. The van der Waals surface area contributed by atoms with Gasteiger partial charge in [-0.2, -0.15) is 0 Å². The van der Waals surface area contributed by atoms with Crippen molar-refractivity contribution in [1.82, 2.24) is 0 Å². The summed E-state index contributed by atoms with van der Waals surface area (Å²) in [6, 6.07) is 12.8. The van der Waals surface area contributed by atoms with Gasteiger partial charge in [0, 0.05) is 11.1 Å². The number of hydrogen-bond donors (Lipinski definition) is 1. The van der Waals surface area contributed by atoms with Gasteiger partial charge in [0.25, 0.3) is 5.91 Å². The first-order valence-electron chi connectivity index (χ1n) is 7.37. The Morgan fingerprint density at radius 2 is 1.65 bits per heavy atom. The molecule has 3 rings (SSSR count). The lowest BCUT2D eigenvalue weighted by Gasteiger charge is -2.09. The zero-order valence-corrected chi connectivity index (χ0v) is 13.3. The van der Waals surface area contributed by atoms with Crippen LogP contribution in [0.3, 0.4) is 0 Å². The summed E-state index contributed by atoms with van der Waals surface area (Å²) in [6.07, 6.45) is 0. The lowest BCUT2D eigenvalue weighted by atomic mass is 10.1. The van der Waals surface area contributed by atoms with Crippen molar-refractivity contribution >= 4 is 22.6 Å². The van der Waals surface area contributed by atoms with E-state index in [0.29, 0.717) is 11.3 Å². The van der Waals surface area contributed by atoms with Gasteiger partial charge in [0.05, 0.1) is 0 Å². The minimum atomic E-state index is -0.635. The third kappa shape index (κ3) is 3.01. The SMILES string of the molecule is Cc1ccc(C)c(NC(=O)c2cc3cc(C)ccc3oc2=O)c1. The van der Waals surface area contributed by atoms with Gasteiger partial charge >= 0.3 is 5.63 Å². The van der Waals surface area contributed by atoms with Crippen molar-refractivity contribution in [3.8, 4) is 0 Å². The second-order valence-corrected chi connectivity index (χ2v) is 5.76. The number of nitrogens with one attached hydrogen (secondary N) is 1. The third-order valence-corrected chi connectivity index (χ3v) is 3.77. The molecular weight excluding hydrogens is 290 g/mol. The molecule has 0 unspecified atom stereocenters. The first-order valence-corrected chi connectivity index (χ1v) is 7.37. The van der Waals surface area contributed by atoms with E-state index in [0.717, 1.165) is 22.1 Å². The number of rotatable bonds is 2. The lowest BCUT2D eigenvalue weighted by molar-refractivity contribution is 0.102. The molecule has 23 heavy (non-hydrogen) atoms. The number of fused-ring (bicyclic) bond motifs is 1.